The minimum atomic E-state index is -0.502. The number of hydrogen-bond donors (Lipinski definition) is 3. The Balaban J connectivity index is 1.73. The van der Waals surface area contributed by atoms with Gasteiger partial charge in [-0.15, -0.1) is 10.2 Å². The molecule has 0 spiro atoms. The van der Waals surface area contributed by atoms with Crippen molar-refractivity contribution in [2.24, 2.45) is 7.05 Å². The van der Waals surface area contributed by atoms with Gasteiger partial charge in [0.1, 0.15) is 6.33 Å². The number of anilines is 2. The van der Waals surface area contributed by atoms with Crippen LogP contribution in [0.25, 0.3) is 11.4 Å². The molecule has 2 aromatic heterocycles. The molecule has 0 unspecified atom stereocenters. The lowest BCUT2D eigenvalue weighted by molar-refractivity contribution is 0.0929. The van der Waals surface area contributed by atoms with E-state index >= 15 is 0 Å². The van der Waals surface area contributed by atoms with Gasteiger partial charge >= 0.3 is 0 Å². The molecule has 4 rings (SSSR count). The van der Waals surface area contributed by atoms with Crippen LogP contribution in [-0.4, -0.2) is 62.0 Å². The van der Waals surface area contributed by atoms with Gasteiger partial charge in [0.2, 0.25) is 5.82 Å². The summed E-state index contributed by atoms with van der Waals surface area (Å²) in [4.78, 5) is 33.2. The summed E-state index contributed by atoms with van der Waals surface area (Å²) in [5.74, 6) is -0.0969. The quantitative estimate of drug-likeness (QED) is 0.498. The SMILES string of the molecule is CNC(=O)c1nnc(C(=O)NC2CC2)nc1Nc1cccc(-c2ncn(C)n2)c1OC. The summed E-state index contributed by atoms with van der Waals surface area (Å²) in [6, 6.07) is 5.47. The van der Waals surface area contributed by atoms with Crippen LogP contribution in [-0.2, 0) is 7.05 Å². The first-order valence-electron chi connectivity index (χ1n) is 9.58. The van der Waals surface area contributed by atoms with Crippen molar-refractivity contribution in [2.45, 2.75) is 18.9 Å². The van der Waals surface area contributed by atoms with Crippen molar-refractivity contribution in [3.8, 4) is 17.1 Å². The summed E-state index contributed by atoms with van der Waals surface area (Å²) in [5.41, 5.74) is 1.07. The summed E-state index contributed by atoms with van der Waals surface area (Å²) in [7, 11) is 4.75. The molecule has 1 saturated carbocycles. The molecular formula is C19H21N9O3. The van der Waals surface area contributed by atoms with Crippen LogP contribution in [0, 0.1) is 0 Å². The highest BCUT2D eigenvalue weighted by Gasteiger charge is 2.27. The zero-order valence-electron chi connectivity index (χ0n) is 17.2. The van der Waals surface area contributed by atoms with Crippen LogP contribution < -0.4 is 20.7 Å². The van der Waals surface area contributed by atoms with E-state index < -0.39 is 11.8 Å². The first kappa shape index (κ1) is 20.2. The highest BCUT2D eigenvalue weighted by Crippen LogP contribution is 2.36. The minimum absolute atomic E-state index is 0.0612. The van der Waals surface area contributed by atoms with Crippen molar-refractivity contribution in [1.82, 2.24) is 40.6 Å². The lowest BCUT2D eigenvalue weighted by Crippen LogP contribution is -2.29. The van der Waals surface area contributed by atoms with Crippen molar-refractivity contribution in [3.05, 3.63) is 36.0 Å². The number of aryl methyl sites for hydroxylation is 1. The molecule has 2 amide bonds. The largest absolute Gasteiger partial charge is 0.494 e. The van der Waals surface area contributed by atoms with Crippen molar-refractivity contribution in [1.29, 1.82) is 0 Å². The van der Waals surface area contributed by atoms with Crippen molar-refractivity contribution < 1.29 is 14.3 Å². The third-order valence-electron chi connectivity index (χ3n) is 4.56. The number of ether oxygens (including phenoxy) is 1. The molecule has 1 aliphatic carbocycles. The van der Waals surface area contributed by atoms with E-state index in [9.17, 15) is 9.59 Å². The molecule has 160 valence electrons. The number of methoxy groups -OCH3 is 1. The van der Waals surface area contributed by atoms with Gasteiger partial charge in [-0.25, -0.2) is 9.97 Å². The molecular weight excluding hydrogens is 402 g/mol. The predicted octanol–water partition coefficient (Wildman–Crippen LogP) is 0.671. The number of aromatic nitrogens is 6. The van der Waals surface area contributed by atoms with Crippen molar-refractivity contribution >= 4 is 23.3 Å². The first-order valence-corrected chi connectivity index (χ1v) is 9.58. The van der Waals surface area contributed by atoms with Crippen LogP contribution in [0.5, 0.6) is 5.75 Å². The van der Waals surface area contributed by atoms with Crippen LogP contribution >= 0.6 is 0 Å². The highest BCUT2D eigenvalue weighted by molar-refractivity contribution is 5.98. The van der Waals surface area contributed by atoms with E-state index in [0.29, 0.717) is 22.8 Å². The Morgan fingerprint density at radius 1 is 1.19 bits per heavy atom. The lowest BCUT2D eigenvalue weighted by atomic mass is 10.1. The van der Waals surface area contributed by atoms with Crippen molar-refractivity contribution in [3.63, 3.8) is 0 Å². The minimum Gasteiger partial charge on any atom is -0.494 e. The molecule has 0 atom stereocenters. The van der Waals surface area contributed by atoms with Crippen LogP contribution in [0.15, 0.2) is 24.5 Å². The molecule has 0 saturated heterocycles. The lowest BCUT2D eigenvalue weighted by Gasteiger charge is -2.15. The average Bonchev–Trinajstić information content (AvgIpc) is 3.49. The maximum atomic E-state index is 12.4. The number of amides is 2. The fraction of sp³-hybridized carbons (Fsp3) is 0.316. The Bertz CT molecular complexity index is 1140. The van der Waals surface area contributed by atoms with Gasteiger partial charge in [-0.05, 0) is 25.0 Å². The molecule has 0 bridgehead atoms. The second-order valence-corrected chi connectivity index (χ2v) is 6.91. The molecule has 12 heteroatoms. The third kappa shape index (κ3) is 4.27. The molecule has 1 fully saturated rings. The molecule has 12 nitrogen and oxygen atoms in total. The fourth-order valence-corrected chi connectivity index (χ4v) is 2.88. The number of carbonyl (C=O) groups is 2. The number of benzene rings is 1. The molecule has 3 aromatic rings. The zero-order valence-corrected chi connectivity index (χ0v) is 17.2. The van der Waals surface area contributed by atoms with E-state index in [4.69, 9.17) is 4.74 Å². The van der Waals surface area contributed by atoms with Crippen molar-refractivity contribution in [2.75, 3.05) is 19.5 Å². The van der Waals surface area contributed by atoms with Gasteiger partial charge in [-0.2, -0.15) is 5.10 Å². The summed E-state index contributed by atoms with van der Waals surface area (Å²) >= 11 is 0. The van der Waals surface area contributed by atoms with Gasteiger partial charge < -0.3 is 20.7 Å². The predicted molar refractivity (Wildman–Crippen MR) is 110 cm³/mol. The normalized spacial score (nSPS) is 12.9. The number of para-hydroxylation sites is 1. The Hall–Kier alpha value is -4.09. The third-order valence-corrected chi connectivity index (χ3v) is 4.56. The summed E-state index contributed by atoms with van der Waals surface area (Å²) < 4.78 is 7.16. The first-order chi connectivity index (χ1) is 15.0. The van der Waals surface area contributed by atoms with Crippen LogP contribution in [0.2, 0.25) is 0 Å². The molecule has 2 heterocycles. The molecule has 0 radical (unpaired) electrons. The molecule has 1 aromatic carbocycles. The summed E-state index contributed by atoms with van der Waals surface area (Å²) in [5, 5.41) is 20.4. The van der Waals surface area contributed by atoms with E-state index in [-0.39, 0.29) is 23.4 Å². The van der Waals surface area contributed by atoms with E-state index in [1.807, 2.05) is 6.07 Å². The number of rotatable bonds is 7. The monoisotopic (exact) mass is 423 g/mol. The van der Waals surface area contributed by atoms with E-state index in [1.165, 1.54) is 14.2 Å². The standard InChI is InChI=1S/C19H21N9O3/c1-20-18(29)13-16(24-17(26-25-13)19(30)22-10-7-8-10)23-12-6-4-5-11(14(12)31-3)15-21-9-28(2)27-15/h4-6,9-10H,7-8H2,1-3H3,(H,20,29)(H,22,30)(H,23,24,26). The van der Waals surface area contributed by atoms with Crippen LogP contribution in [0.3, 0.4) is 0 Å². The van der Waals surface area contributed by atoms with Gasteiger partial charge in [-0.3, -0.25) is 14.3 Å². The second-order valence-electron chi connectivity index (χ2n) is 6.91. The van der Waals surface area contributed by atoms with E-state index in [0.717, 1.165) is 12.8 Å². The fourth-order valence-electron chi connectivity index (χ4n) is 2.88. The second kappa shape index (κ2) is 8.34. The molecule has 1 aliphatic rings. The molecule has 3 N–H and O–H groups in total. The van der Waals surface area contributed by atoms with Gasteiger partial charge in [0.05, 0.1) is 18.4 Å². The summed E-state index contributed by atoms with van der Waals surface area (Å²) in [6.07, 6.45) is 3.43. The number of nitrogens with zero attached hydrogens (tertiary/aromatic N) is 6. The Morgan fingerprint density at radius 2 is 2.00 bits per heavy atom. The van der Waals surface area contributed by atoms with Gasteiger partial charge in [0.25, 0.3) is 11.8 Å². The van der Waals surface area contributed by atoms with E-state index in [1.54, 1.807) is 30.2 Å². The smallest absolute Gasteiger partial charge is 0.291 e. The topological polar surface area (TPSA) is 149 Å². The maximum absolute atomic E-state index is 12.4. The van der Waals surface area contributed by atoms with Crippen LogP contribution in [0.4, 0.5) is 11.5 Å². The average molecular weight is 423 g/mol. The highest BCUT2D eigenvalue weighted by atomic mass is 16.5. The number of carbonyl (C=O) groups excluding carboxylic acids is 2. The number of hydrogen-bond acceptors (Lipinski definition) is 9. The molecule has 31 heavy (non-hydrogen) atoms. The number of nitrogens with one attached hydrogen (secondary N) is 3. The Morgan fingerprint density at radius 3 is 2.65 bits per heavy atom. The zero-order chi connectivity index (χ0) is 22.0. The Labute approximate surface area is 177 Å². The maximum Gasteiger partial charge on any atom is 0.291 e. The Kier molecular flexibility index (Phi) is 5.43. The van der Waals surface area contributed by atoms with Crippen LogP contribution in [0.1, 0.15) is 33.9 Å². The van der Waals surface area contributed by atoms with Gasteiger partial charge in [0.15, 0.2) is 23.1 Å². The van der Waals surface area contributed by atoms with Gasteiger partial charge in [0, 0.05) is 20.1 Å². The summed E-state index contributed by atoms with van der Waals surface area (Å²) in [6.45, 7) is 0. The van der Waals surface area contributed by atoms with E-state index in [2.05, 4.69) is 41.2 Å². The molecule has 0 aliphatic heterocycles. The van der Waals surface area contributed by atoms with Gasteiger partial charge in [-0.1, -0.05) is 6.07 Å².